The zero-order chi connectivity index (χ0) is 20.5. The first-order chi connectivity index (χ1) is 13.5. The van der Waals surface area contributed by atoms with Crippen molar-refractivity contribution in [1.82, 2.24) is 4.90 Å². The largest absolute Gasteiger partial charge is 0.497 e. The summed E-state index contributed by atoms with van der Waals surface area (Å²) in [5.41, 5.74) is 2.10. The van der Waals surface area contributed by atoms with E-state index in [1.807, 2.05) is 12.1 Å². The minimum Gasteiger partial charge on any atom is -0.497 e. The molecule has 3 rings (SSSR count). The zero-order valence-electron chi connectivity index (χ0n) is 16.1. The lowest BCUT2D eigenvalue weighted by Crippen LogP contribution is -2.45. The van der Waals surface area contributed by atoms with Crippen LogP contribution in [-0.2, 0) is 20.9 Å². The SMILES string of the molecule is CCC1CN(Cc2ccc(OC)cc2)CC(c2ccc(F)cc2)C1=O.O=C=O. The molecule has 2 unspecified atom stereocenters. The lowest BCUT2D eigenvalue weighted by atomic mass is 9.82. The summed E-state index contributed by atoms with van der Waals surface area (Å²) in [6.45, 7) is 4.30. The summed E-state index contributed by atoms with van der Waals surface area (Å²) in [5.74, 6) is 0.696. The fourth-order valence-corrected chi connectivity index (χ4v) is 3.52. The number of ether oxygens (including phenoxy) is 1. The molecule has 1 aliphatic rings. The minimum absolute atomic E-state index is 0.0297. The predicted molar refractivity (Wildman–Crippen MR) is 101 cm³/mol. The smallest absolute Gasteiger partial charge is 0.373 e. The van der Waals surface area contributed by atoms with Gasteiger partial charge in [0.05, 0.1) is 13.0 Å². The standard InChI is InChI=1S/C21H24FNO2.CO2/c1-3-16-13-23(12-15-4-10-19(25-2)11-5-15)14-20(21(16)24)17-6-8-18(22)9-7-17;2-1-3/h4-11,16,20H,3,12-14H2,1-2H3;. The number of methoxy groups -OCH3 is 1. The molecule has 1 aliphatic heterocycles. The third-order valence-corrected chi connectivity index (χ3v) is 5.00. The third-order valence-electron chi connectivity index (χ3n) is 5.00. The Kier molecular flexibility index (Phi) is 8.05. The Morgan fingerprint density at radius 1 is 1.07 bits per heavy atom. The average Bonchev–Trinajstić information content (AvgIpc) is 2.71. The number of likely N-dealkylation sites (tertiary alicyclic amines) is 1. The number of hydrogen-bond donors (Lipinski definition) is 0. The number of carbonyl (C=O) groups is 1. The van der Waals surface area contributed by atoms with Crippen LogP contribution in [0.25, 0.3) is 0 Å². The summed E-state index contributed by atoms with van der Waals surface area (Å²) in [7, 11) is 1.66. The molecule has 28 heavy (non-hydrogen) atoms. The normalized spacial score (nSPS) is 19.3. The highest BCUT2D eigenvalue weighted by Gasteiger charge is 2.35. The molecular formula is C22H24FNO4. The molecule has 0 bridgehead atoms. The van der Waals surface area contributed by atoms with Gasteiger partial charge in [0.15, 0.2) is 0 Å². The number of rotatable bonds is 5. The molecule has 1 heterocycles. The first-order valence-electron chi connectivity index (χ1n) is 9.16. The van der Waals surface area contributed by atoms with Gasteiger partial charge in [0.1, 0.15) is 17.3 Å². The fraction of sp³-hybridized carbons (Fsp3) is 0.364. The topological polar surface area (TPSA) is 63.7 Å². The Bertz CT molecular complexity index is 798. The van der Waals surface area contributed by atoms with Crippen LogP contribution in [0.3, 0.4) is 0 Å². The molecule has 0 aromatic heterocycles. The number of halogens is 1. The lowest BCUT2D eigenvalue weighted by molar-refractivity contribution is -0.191. The van der Waals surface area contributed by atoms with Gasteiger partial charge in [-0.15, -0.1) is 0 Å². The molecule has 2 aromatic carbocycles. The summed E-state index contributed by atoms with van der Waals surface area (Å²) < 4.78 is 18.4. The highest BCUT2D eigenvalue weighted by molar-refractivity contribution is 5.89. The second-order valence-electron chi connectivity index (χ2n) is 6.74. The van der Waals surface area contributed by atoms with E-state index in [9.17, 15) is 9.18 Å². The van der Waals surface area contributed by atoms with Crippen molar-refractivity contribution in [2.24, 2.45) is 5.92 Å². The maximum Gasteiger partial charge on any atom is 0.373 e. The second-order valence-corrected chi connectivity index (χ2v) is 6.74. The molecule has 0 spiro atoms. The maximum atomic E-state index is 13.2. The van der Waals surface area contributed by atoms with E-state index < -0.39 is 0 Å². The number of Topliss-reactive ketones (excluding diaryl/α,β-unsaturated/α-hetero) is 1. The predicted octanol–water partition coefficient (Wildman–Crippen LogP) is 3.45. The number of benzene rings is 2. The van der Waals surface area contributed by atoms with Crippen LogP contribution >= 0.6 is 0 Å². The first kappa shape index (κ1) is 21.5. The van der Waals surface area contributed by atoms with Crippen molar-refractivity contribution in [3.05, 3.63) is 65.5 Å². The summed E-state index contributed by atoms with van der Waals surface area (Å²) in [6.07, 6.45) is 1.08. The number of ketones is 1. The van der Waals surface area contributed by atoms with Crippen LogP contribution in [0, 0.1) is 11.7 Å². The van der Waals surface area contributed by atoms with Crippen molar-refractivity contribution in [3.63, 3.8) is 0 Å². The van der Waals surface area contributed by atoms with E-state index in [0.29, 0.717) is 6.54 Å². The van der Waals surface area contributed by atoms with Gasteiger partial charge in [-0.05, 0) is 41.8 Å². The minimum atomic E-state index is -0.269. The molecular weight excluding hydrogens is 361 g/mol. The molecule has 0 aliphatic carbocycles. The summed E-state index contributed by atoms with van der Waals surface area (Å²) in [4.78, 5) is 31.4. The van der Waals surface area contributed by atoms with E-state index in [2.05, 4.69) is 24.0 Å². The molecule has 1 saturated heterocycles. The summed E-state index contributed by atoms with van der Waals surface area (Å²) in [5, 5.41) is 0. The Morgan fingerprint density at radius 3 is 2.21 bits per heavy atom. The van der Waals surface area contributed by atoms with Crippen LogP contribution in [-0.4, -0.2) is 37.0 Å². The molecule has 5 nitrogen and oxygen atoms in total. The van der Waals surface area contributed by atoms with Crippen LogP contribution in [0.2, 0.25) is 0 Å². The number of nitrogens with zero attached hydrogens (tertiary/aromatic N) is 1. The number of hydrogen-bond acceptors (Lipinski definition) is 5. The Labute approximate surface area is 164 Å². The fourth-order valence-electron chi connectivity index (χ4n) is 3.52. The van der Waals surface area contributed by atoms with Gasteiger partial charge in [-0.3, -0.25) is 9.69 Å². The van der Waals surface area contributed by atoms with Crippen LogP contribution in [0.1, 0.15) is 30.4 Å². The van der Waals surface area contributed by atoms with E-state index in [-0.39, 0.29) is 29.6 Å². The van der Waals surface area contributed by atoms with Crippen LogP contribution in [0.4, 0.5) is 4.39 Å². The molecule has 1 fully saturated rings. The van der Waals surface area contributed by atoms with Crippen LogP contribution in [0.15, 0.2) is 48.5 Å². The molecule has 0 N–H and O–H groups in total. The van der Waals surface area contributed by atoms with Crippen LogP contribution < -0.4 is 4.74 Å². The molecule has 6 heteroatoms. The first-order valence-corrected chi connectivity index (χ1v) is 9.16. The van der Waals surface area contributed by atoms with E-state index in [4.69, 9.17) is 14.3 Å². The second kappa shape index (κ2) is 10.5. The van der Waals surface area contributed by atoms with E-state index >= 15 is 0 Å². The molecule has 2 aromatic rings. The highest BCUT2D eigenvalue weighted by Crippen LogP contribution is 2.30. The maximum absolute atomic E-state index is 13.2. The van der Waals surface area contributed by atoms with E-state index in [1.54, 1.807) is 19.2 Å². The highest BCUT2D eigenvalue weighted by atomic mass is 19.1. The van der Waals surface area contributed by atoms with Crippen molar-refractivity contribution >= 4 is 11.9 Å². The van der Waals surface area contributed by atoms with Gasteiger partial charge in [0.2, 0.25) is 0 Å². The molecule has 0 saturated carbocycles. The Morgan fingerprint density at radius 2 is 1.68 bits per heavy atom. The Balaban J connectivity index is 0.000000878. The van der Waals surface area contributed by atoms with Crippen molar-refractivity contribution in [2.45, 2.75) is 25.8 Å². The van der Waals surface area contributed by atoms with Gasteiger partial charge in [0, 0.05) is 25.6 Å². The number of carbonyl (C=O) groups excluding carboxylic acids is 3. The average molecular weight is 385 g/mol. The van der Waals surface area contributed by atoms with Gasteiger partial charge in [-0.25, -0.2) is 4.39 Å². The molecule has 0 amide bonds. The quantitative estimate of drug-likeness (QED) is 0.789. The van der Waals surface area contributed by atoms with E-state index in [0.717, 1.165) is 30.8 Å². The zero-order valence-corrected chi connectivity index (χ0v) is 16.1. The van der Waals surface area contributed by atoms with Crippen LogP contribution in [0.5, 0.6) is 5.75 Å². The summed E-state index contributed by atoms with van der Waals surface area (Å²) in [6, 6.07) is 14.4. The molecule has 148 valence electrons. The van der Waals surface area contributed by atoms with Gasteiger partial charge < -0.3 is 4.74 Å². The van der Waals surface area contributed by atoms with Gasteiger partial charge in [-0.2, -0.15) is 9.59 Å². The van der Waals surface area contributed by atoms with E-state index in [1.165, 1.54) is 17.7 Å². The van der Waals surface area contributed by atoms with Crippen molar-refractivity contribution in [3.8, 4) is 5.75 Å². The van der Waals surface area contributed by atoms with Gasteiger partial charge in [-0.1, -0.05) is 31.2 Å². The lowest BCUT2D eigenvalue weighted by Gasteiger charge is -2.36. The summed E-state index contributed by atoms with van der Waals surface area (Å²) >= 11 is 0. The van der Waals surface area contributed by atoms with Gasteiger partial charge >= 0.3 is 6.15 Å². The van der Waals surface area contributed by atoms with Crippen molar-refractivity contribution < 1.29 is 23.5 Å². The van der Waals surface area contributed by atoms with Crippen molar-refractivity contribution in [1.29, 1.82) is 0 Å². The monoisotopic (exact) mass is 385 g/mol. The van der Waals surface area contributed by atoms with Crippen molar-refractivity contribution in [2.75, 3.05) is 20.2 Å². The third kappa shape index (κ3) is 5.59. The van der Waals surface area contributed by atoms with Gasteiger partial charge in [0.25, 0.3) is 0 Å². The molecule has 0 radical (unpaired) electrons. The Hall–Kier alpha value is -2.82. The molecule has 2 atom stereocenters. The number of piperidine rings is 1.